The Labute approximate surface area is 78.0 Å². The molecule has 0 amide bonds. The van der Waals surface area contributed by atoms with Gasteiger partial charge < -0.3 is 10.3 Å². The third kappa shape index (κ3) is 1.18. The monoisotopic (exact) mass is 174 g/mol. The van der Waals surface area contributed by atoms with Crippen LogP contribution >= 0.6 is 0 Å². The van der Waals surface area contributed by atoms with Crippen LogP contribution in [0.1, 0.15) is 19.9 Å². The van der Waals surface area contributed by atoms with E-state index in [9.17, 15) is 0 Å². The molecule has 0 saturated carbocycles. The van der Waals surface area contributed by atoms with Gasteiger partial charge in [-0.25, -0.2) is 0 Å². The Kier molecular flexibility index (Phi) is 1.76. The van der Waals surface area contributed by atoms with Crippen molar-refractivity contribution in [3.05, 3.63) is 30.3 Å². The minimum atomic E-state index is 0.417. The molecule has 0 fully saturated rings. The molecule has 0 spiro atoms. The fourth-order valence-electron chi connectivity index (χ4n) is 1.77. The Morgan fingerprint density at radius 3 is 2.62 bits per heavy atom. The molecule has 0 unspecified atom stereocenters. The van der Waals surface area contributed by atoms with Crippen molar-refractivity contribution in [3.8, 4) is 0 Å². The summed E-state index contributed by atoms with van der Waals surface area (Å²) in [5, 5.41) is 1.22. The summed E-state index contributed by atoms with van der Waals surface area (Å²) < 4.78 is 2.15. The van der Waals surface area contributed by atoms with Gasteiger partial charge in [0.25, 0.3) is 0 Å². The summed E-state index contributed by atoms with van der Waals surface area (Å²) in [6, 6.07) is 10.7. The van der Waals surface area contributed by atoms with E-state index in [1.807, 2.05) is 18.2 Å². The maximum Gasteiger partial charge on any atom is 0.104 e. The molecule has 1 aromatic heterocycles. The summed E-state index contributed by atoms with van der Waals surface area (Å²) >= 11 is 0. The largest absolute Gasteiger partial charge is 0.385 e. The van der Waals surface area contributed by atoms with Gasteiger partial charge in [-0.3, -0.25) is 0 Å². The number of benzene rings is 1. The summed E-state index contributed by atoms with van der Waals surface area (Å²) in [4.78, 5) is 0. The van der Waals surface area contributed by atoms with Gasteiger partial charge >= 0.3 is 0 Å². The van der Waals surface area contributed by atoms with Crippen molar-refractivity contribution in [2.24, 2.45) is 0 Å². The normalized spacial score (nSPS) is 11.3. The Balaban J connectivity index is 2.78. The smallest absolute Gasteiger partial charge is 0.104 e. The Morgan fingerprint density at radius 1 is 1.23 bits per heavy atom. The number of nitrogen functional groups attached to an aromatic ring is 1. The Hall–Kier alpha value is -1.44. The number of nitrogens with two attached hydrogens (primary N) is 1. The van der Waals surface area contributed by atoms with Crippen LogP contribution in [0.4, 0.5) is 5.82 Å². The number of hydrogen-bond acceptors (Lipinski definition) is 1. The van der Waals surface area contributed by atoms with E-state index in [1.54, 1.807) is 0 Å². The molecule has 2 N–H and O–H groups in total. The van der Waals surface area contributed by atoms with Gasteiger partial charge in [0.15, 0.2) is 0 Å². The molecule has 1 aromatic carbocycles. The first-order chi connectivity index (χ1) is 6.20. The summed E-state index contributed by atoms with van der Waals surface area (Å²) in [6.45, 7) is 4.28. The SMILES string of the molecule is CC(C)n1c(N)cc2ccccc21. The molecule has 2 nitrogen and oxygen atoms in total. The number of anilines is 1. The first-order valence-corrected chi connectivity index (χ1v) is 4.55. The van der Waals surface area contributed by atoms with Crippen LogP contribution < -0.4 is 5.73 Å². The summed E-state index contributed by atoms with van der Waals surface area (Å²) in [5.74, 6) is 0.844. The molecule has 0 aliphatic rings. The summed E-state index contributed by atoms with van der Waals surface area (Å²) in [5.41, 5.74) is 7.13. The van der Waals surface area contributed by atoms with E-state index in [0.717, 1.165) is 5.82 Å². The van der Waals surface area contributed by atoms with Crippen LogP contribution in [0.3, 0.4) is 0 Å². The highest BCUT2D eigenvalue weighted by atomic mass is 15.1. The summed E-state index contributed by atoms with van der Waals surface area (Å²) in [6.07, 6.45) is 0. The molecule has 0 aliphatic heterocycles. The fourth-order valence-corrected chi connectivity index (χ4v) is 1.77. The average molecular weight is 174 g/mol. The molecule has 0 aliphatic carbocycles. The molecule has 0 radical (unpaired) electrons. The van der Waals surface area contributed by atoms with Crippen LogP contribution in [0.2, 0.25) is 0 Å². The van der Waals surface area contributed by atoms with Crippen LogP contribution in [0.25, 0.3) is 10.9 Å². The zero-order valence-corrected chi connectivity index (χ0v) is 7.99. The number of hydrogen-bond donors (Lipinski definition) is 1. The maximum atomic E-state index is 5.92. The zero-order chi connectivity index (χ0) is 9.42. The second kappa shape index (κ2) is 2.80. The topological polar surface area (TPSA) is 30.9 Å². The van der Waals surface area contributed by atoms with Crippen molar-refractivity contribution >= 4 is 16.7 Å². The van der Waals surface area contributed by atoms with E-state index >= 15 is 0 Å². The van der Waals surface area contributed by atoms with Gasteiger partial charge in [0.2, 0.25) is 0 Å². The highest BCUT2D eigenvalue weighted by molar-refractivity contribution is 5.84. The third-order valence-corrected chi connectivity index (χ3v) is 2.29. The van der Waals surface area contributed by atoms with Crippen molar-refractivity contribution in [1.82, 2.24) is 4.57 Å². The molecule has 2 rings (SSSR count). The second-order valence-electron chi connectivity index (χ2n) is 3.59. The lowest BCUT2D eigenvalue weighted by Crippen LogP contribution is -2.04. The van der Waals surface area contributed by atoms with E-state index in [0.29, 0.717) is 6.04 Å². The third-order valence-electron chi connectivity index (χ3n) is 2.29. The van der Waals surface area contributed by atoms with Gasteiger partial charge in [-0.15, -0.1) is 0 Å². The lowest BCUT2D eigenvalue weighted by atomic mass is 10.2. The van der Waals surface area contributed by atoms with Crippen LogP contribution in [0, 0.1) is 0 Å². The molecule has 2 heteroatoms. The molecular weight excluding hydrogens is 160 g/mol. The molecule has 1 heterocycles. The van der Waals surface area contributed by atoms with Gasteiger partial charge in [0.05, 0.1) is 0 Å². The minimum absolute atomic E-state index is 0.417. The molecule has 0 bridgehead atoms. The average Bonchev–Trinajstić information content (AvgIpc) is 2.39. The highest BCUT2D eigenvalue weighted by Crippen LogP contribution is 2.24. The van der Waals surface area contributed by atoms with Crippen LogP contribution in [0.5, 0.6) is 0 Å². The highest BCUT2D eigenvalue weighted by Gasteiger charge is 2.07. The quantitative estimate of drug-likeness (QED) is 0.708. The lowest BCUT2D eigenvalue weighted by molar-refractivity contribution is 0.631. The van der Waals surface area contributed by atoms with Gasteiger partial charge in [0, 0.05) is 16.9 Å². The summed E-state index contributed by atoms with van der Waals surface area (Å²) in [7, 11) is 0. The number of aromatic nitrogens is 1. The van der Waals surface area contributed by atoms with E-state index in [4.69, 9.17) is 5.73 Å². The molecule has 0 atom stereocenters. The van der Waals surface area contributed by atoms with E-state index < -0.39 is 0 Å². The second-order valence-corrected chi connectivity index (χ2v) is 3.59. The molecule has 68 valence electrons. The van der Waals surface area contributed by atoms with Crippen molar-refractivity contribution in [2.75, 3.05) is 5.73 Å². The first-order valence-electron chi connectivity index (χ1n) is 4.55. The van der Waals surface area contributed by atoms with Crippen LogP contribution in [-0.4, -0.2) is 4.57 Å². The maximum absolute atomic E-state index is 5.92. The molecule has 0 saturated heterocycles. The van der Waals surface area contributed by atoms with E-state index in [2.05, 4.69) is 30.5 Å². The molecule has 2 aromatic rings. The first kappa shape index (κ1) is 8.17. The van der Waals surface area contributed by atoms with Gasteiger partial charge in [-0.2, -0.15) is 0 Å². The van der Waals surface area contributed by atoms with E-state index in [1.165, 1.54) is 10.9 Å². The number of rotatable bonds is 1. The van der Waals surface area contributed by atoms with Crippen molar-refractivity contribution in [2.45, 2.75) is 19.9 Å². The van der Waals surface area contributed by atoms with E-state index in [-0.39, 0.29) is 0 Å². The predicted octanol–water partition coefficient (Wildman–Crippen LogP) is 2.80. The van der Waals surface area contributed by atoms with Crippen molar-refractivity contribution in [1.29, 1.82) is 0 Å². The van der Waals surface area contributed by atoms with Crippen molar-refractivity contribution in [3.63, 3.8) is 0 Å². The lowest BCUT2D eigenvalue weighted by Gasteiger charge is -2.11. The standard InChI is InChI=1S/C11H14N2/c1-8(2)13-10-6-4-3-5-9(10)7-11(13)12/h3-8H,12H2,1-2H3. The molecule has 13 heavy (non-hydrogen) atoms. The van der Waals surface area contributed by atoms with Gasteiger partial charge in [-0.1, -0.05) is 18.2 Å². The number of fused-ring (bicyclic) bond motifs is 1. The minimum Gasteiger partial charge on any atom is -0.385 e. The Bertz CT molecular complexity index is 427. The van der Waals surface area contributed by atoms with Crippen LogP contribution in [-0.2, 0) is 0 Å². The predicted molar refractivity (Wildman–Crippen MR) is 56.7 cm³/mol. The zero-order valence-electron chi connectivity index (χ0n) is 7.99. The van der Waals surface area contributed by atoms with Crippen LogP contribution in [0.15, 0.2) is 30.3 Å². The number of para-hydroxylation sites is 1. The van der Waals surface area contributed by atoms with Gasteiger partial charge in [0.1, 0.15) is 5.82 Å². The van der Waals surface area contributed by atoms with Crippen molar-refractivity contribution < 1.29 is 0 Å². The number of nitrogens with zero attached hydrogens (tertiary/aromatic N) is 1. The fraction of sp³-hybridized carbons (Fsp3) is 0.273. The van der Waals surface area contributed by atoms with Gasteiger partial charge in [-0.05, 0) is 26.0 Å². The molecular formula is C11H14N2. The Morgan fingerprint density at radius 2 is 1.92 bits per heavy atom.